The predicted molar refractivity (Wildman–Crippen MR) is 80.4 cm³/mol. The molecule has 2 aromatic heterocycles. The zero-order valence-corrected chi connectivity index (χ0v) is 12.8. The molecule has 20 heavy (non-hydrogen) atoms. The van der Waals surface area contributed by atoms with Crippen molar-refractivity contribution in [1.29, 1.82) is 0 Å². The van der Waals surface area contributed by atoms with E-state index >= 15 is 0 Å². The van der Waals surface area contributed by atoms with Crippen molar-refractivity contribution in [3.63, 3.8) is 0 Å². The molecule has 0 bridgehead atoms. The second-order valence-electron chi connectivity index (χ2n) is 5.66. The van der Waals surface area contributed by atoms with Gasteiger partial charge in [0, 0.05) is 25.5 Å². The van der Waals surface area contributed by atoms with E-state index in [2.05, 4.69) is 31.1 Å². The third-order valence-electron chi connectivity index (χ3n) is 3.85. The molecule has 0 amide bonds. The zero-order chi connectivity index (χ0) is 14.5. The Kier molecular flexibility index (Phi) is 5.01. The van der Waals surface area contributed by atoms with Crippen molar-refractivity contribution in [2.24, 2.45) is 13.0 Å². The number of rotatable bonds is 7. The van der Waals surface area contributed by atoms with Gasteiger partial charge in [-0.1, -0.05) is 20.3 Å². The van der Waals surface area contributed by atoms with E-state index in [1.54, 1.807) is 6.26 Å². The van der Waals surface area contributed by atoms with Crippen molar-refractivity contribution < 1.29 is 4.42 Å². The number of imidazole rings is 1. The molecule has 0 aromatic carbocycles. The van der Waals surface area contributed by atoms with Crippen molar-refractivity contribution in [1.82, 2.24) is 14.9 Å². The first kappa shape index (κ1) is 14.9. The van der Waals surface area contributed by atoms with Crippen LogP contribution in [0.3, 0.4) is 0 Å². The normalized spacial score (nSPS) is 16.0. The molecule has 4 heteroatoms. The Morgan fingerprint density at radius 1 is 1.40 bits per heavy atom. The second kappa shape index (κ2) is 6.75. The Hall–Kier alpha value is -1.55. The summed E-state index contributed by atoms with van der Waals surface area (Å²) in [7, 11) is 2.01. The average Bonchev–Trinajstić information content (AvgIpc) is 3.07. The highest BCUT2D eigenvalue weighted by Crippen LogP contribution is 2.22. The molecule has 2 heterocycles. The van der Waals surface area contributed by atoms with Gasteiger partial charge in [-0.3, -0.25) is 5.32 Å². The van der Waals surface area contributed by atoms with Gasteiger partial charge in [-0.15, -0.1) is 0 Å². The van der Waals surface area contributed by atoms with Gasteiger partial charge in [0.15, 0.2) is 0 Å². The minimum Gasteiger partial charge on any atom is -0.467 e. The van der Waals surface area contributed by atoms with Gasteiger partial charge in [0.25, 0.3) is 0 Å². The molecule has 0 saturated heterocycles. The van der Waals surface area contributed by atoms with Gasteiger partial charge in [0.05, 0.1) is 6.26 Å². The van der Waals surface area contributed by atoms with Gasteiger partial charge in [-0.2, -0.15) is 0 Å². The van der Waals surface area contributed by atoms with Crippen LogP contribution in [0.15, 0.2) is 35.2 Å². The Labute approximate surface area is 121 Å². The van der Waals surface area contributed by atoms with Crippen molar-refractivity contribution in [3.05, 3.63) is 42.4 Å². The summed E-state index contributed by atoms with van der Waals surface area (Å²) in [5, 5.41) is 3.65. The highest BCUT2D eigenvalue weighted by Gasteiger charge is 2.23. The first-order valence-corrected chi connectivity index (χ1v) is 7.38. The average molecular weight is 275 g/mol. The van der Waals surface area contributed by atoms with Crippen molar-refractivity contribution >= 4 is 0 Å². The molecule has 0 aliphatic heterocycles. The van der Waals surface area contributed by atoms with Crippen LogP contribution in [0.1, 0.15) is 51.2 Å². The van der Waals surface area contributed by atoms with E-state index in [-0.39, 0.29) is 6.04 Å². The summed E-state index contributed by atoms with van der Waals surface area (Å²) in [4.78, 5) is 4.46. The molecule has 0 radical (unpaired) electrons. The molecule has 4 nitrogen and oxygen atoms in total. The maximum absolute atomic E-state index is 5.59. The molecule has 110 valence electrons. The van der Waals surface area contributed by atoms with Crippen molar-refractivity contribution in [2.45, 2.75) is 45.7 Å². The Morgan fingerprint density at radius 3 is 2.75 bits per heavy atom. The predicted octanol–water partition coefficient (Wildman–Crippen LogP) is 3.52. The van der Waals surface area contributed by atoms with Gasteiger partial charge >= 0.3 is 0 Å². The van der Waals surface area contributed by atoms with E-state index in [1.807, 2.05) is 36.1 Å². The molecule has 3 unspecified atom stereocenters. The third-order valence-corrected chi connectivity index (χ3v) is 3.85. The smallest absolute Gasteiger partial charge is 0.133 e. The number of nitrogens with one attached hydrogen (secondary N) is 1. The van der Waals surface area contributed by atoms with Crippen LogP contribution in [0.2, 0.25) is 0 Å². The first-order valence-electron chi connectivity index (χ1n) is 7.38. The summed E-state index contributed by atoms with van der Waals surface area (Å²) in [6.07, 6.45) is 7.86. The minimum atomic E-state index is 0.00376. The van der Waals surface area contributed by atoms with Gasteiger partial charge in [-0.05, 0) is 31.4 Å². The summed E-state index contributed by atoms with van der Waals surface area (Å²) in [5.74, 6) is 2.61. The summed E-state index contributed by atoms with van der Waals surface area (Å²) in [6.45, 7) is 6.76. The molecule has 2 rings (SSSR count). The van der Waals surface area contributed by atoms with Crippen LogP contribution in [0, 0.1) is 5.92 Å². The molecule has 0 saturated carbocycles. The highest BCUT2D eigenvalue weighted by molar-refractivity contribution is 5.16. The largest absolute Gasteiger partial charge is 0.467 e. The lowest BCUT2D eigenvalue weighted by Crippen LogP contribution is -2.33. The quantitative estimate of drug-likeness (QED) is 0.840. The molecular weight excluding hydrogens is 250 g/mol. The maximum Gasteiger partial charge on any atom is 0.133 e. The topological polar surface area (TPSA) is 43.0 Å². The van der Waals surface area contributed by atoms with Crippen molar-refractivity contribution in [2.75, 3.05) is 0 Å². The summed E-state index contributed by atoms with van der Waals surface area (Å²) in [6, 6.07) is 4.34. The number of aromatic nitrogens is 2. The highest BCUT2D eigenvalue weighted by atomic mass is 16.3. The third kappa shape index (κ3) is 3.51. The SMILES string of the molecule is CCC(C)CC(C)NC(c1ccco1)c1nccn1C. The van der Waals surface area contributed by atoms with Crippen LogP contribution in [0.5, 0.6) is 0 Å². The fourth-order valence-corrected chi connectivity index (χ4v) is 2.52. The van der Waals surface area contributed by atoms with Crippen LogP contribution in [-0.4, -0.2) is 15.6 Å². The Balaban J connectivity index is 2.14. The monoisotopic (exact) mass is 275 g/mol. The summed E-state index contributed by atoms with van der Waals surface area (Å²) >= 11 is 0. The second-order valence-corrected chi connectivity index (χ2v) is 5.66. The Morgan fingerprint density at radius 2 is 2.20 bits per heavy atom. The van der Waals surface area contributed by atoms with Gasteiger partial charge in [0.1, 0.15) is 17.6 Å². The van der Waals surface area contributed by atoms with Crippen LogP contribution in [0.25, 0.3) is 0 Å². The molecular formula is C16H25N3O. The first-order chi connectivity index (χ1) is 9.61. The van der Waals surface area contributed by atoms with Crippen LogP contribution < -0.4 is 5.32 Å². The number of aryl methyl sites for hydroxylation is 1. The summed E-state index contributed by atoms with van der Waals surface area (Å²) < 4.78 is 7.63. The van der Waals surface area contributed by atoms with E-state index < -0.39 is 0 Å². The van der Waals surface area contributed by atoms with E-state index in [0.717, 1.165) is 23.9 Å². The maximum atomic E-state index is 5.59. The van der Waals surface area contributed by atoms with Gasteiger partial charge in [0.2, 0.25) is 0 Å². The van der Waals surface area contributed by atoms with E-state index in [4.69, 9.17) is 4.42 Å². The standard InChI is InChI=1S/C16H25N3O/c1-5-12(2)11-13(3)18-15(14-7-6-10-20-14)16-17-8-9-19(16)4/h6-10,12-13,15,18H,5,11H2,1-4H3. The minimum absolute atomic E-state index is 0.00376. The van der Waals surface area contributed by atoms with Crippen LogP contribution >= 0.6 is 0 Å². The van der Waals surface area contributed by atoms with Crippen LogP contribution in [0.4, 0.5) is 0 Å². The number of nitrogens with zero attached hydrogens (tertiary/aromatic N) is 2. The van der Waals surface area contributed by atoms with E-state index in [9.17, 15) is 0 Å². The molecule has 0 spiro atoms. The summed E-state index contributed by atoms with van der Waals surface area (Å²) in [5.41, 5.74) is 0. The Bertz CT molecular complexity index is 504. The zero-order valence-electron chi connectivity index (χ0n) is 12.8. The fourth-order valence-electron chi connectivity index (χ4n) is 2.52. The molecule has 2 aromatic rings. The van der Waals surface area contributed by atoms with Gasteiger partial charge < -0.3 is 8.98 Å². The number of furan rings is 1. The molecule has 0 fully saturated rings. The number of hydrogen-bond donors (Lipinski definition) is 1. The molecule has 3 atom stereocenters. The molecule has 0 aliphatic rings. The van der Waals surface area contributed by atoms with E-state index in [1.165, 1.54) is 6.42 Å². The molecule has 0 aliphatic carbocycles. The lowest BCUT2D eigenvalue weighted by atomic mass is 9.99. The van der Waals surface area contributed by atoms with Crippen molar-refractivity contribution in [3.8, 4) is 0 Å². The van der Waals surface area contributed by atoms with E-state index in [0.29, 0.717) is 6.04 Å². The lowest BCUT2D eigenvalue weighted by Gasteiger charge is -2.23. The van der Waals surface area contributed by atoms with Crippen LogP contribution in [-0.2, 0) is 7.05 Å². The van der Waals surface area contributed by atoms with Gasteiger partial charge in [-0.25, -0.2) is 4.98 Å². The fraction of sp³-hybridized carbons (Fsp3) is 0.562. The molecule has 1 N–H and O–H groups in total. The lowest BCUT2D eigenvalue weighted by molar-refractivity contribution is 0.355. The number of hydrogen-bond acceptors (Lipinski definition) is 3.